The van der Waals surface area contributed by atoms with Crippen LogP contribution in [0.5, 0.6) is 0 Å². The second-order valence-electron chi connectivity index (χ2n) is 12.2. The molecule has 2 aliphatic heterocycles. The molecule has 13 heteroatoms. The van der Waals surface area contributed by atoms with Gasteiger partial charge in [0.15, 0.2) is 6.23 Å². The first-order valence-electron chi connectivity index (χ1n) is 15.9. The summed E-state index contributed by atoms with van der Waals surface area (Å²) in [5.41, 5.74) is 7.38. The standard InChI is InChI=1S/C35H31F3N8O2/c36-35(37,38)34(47)43-14-13-24-9-11-28(16-26(24)20-43)45-22-30(40-42-45)33-29-17-25(10-12-31(29)46(41-33)32-8-4-5-15-48-32)27-18-39-44(21-27)19-23-6-2-1-3-7-23/h1-3,6-7,9-12,16-18,21-22,32H,4-5,8,13-15,19-20H2. The third kappa shape index (κ3) is 5.74. The Morgan fingerprint density at radius 2 is 1.83 bits per heavy atom. The number of hydrogen-bond donors (Lipinski definition) is 0. The van der Waals surface area contributed by atoms with Crippen molar-refractivity contribution in [2.45, 2.75) is 51.2 Å². The molecule has 1 amide bonds. The molecule has 1 unspecified atom stereocenters. The van der Waals surface area contributed by atoms with E-state index in [2.05, 4.69) is 45.7 Å². The highest BCUT2D eigenvalue weighted by atomic mass is 19.4. The van der Waals surface area contributed by atoms with E-state index >= 15 is 0 Å². The van der Waals surface area contributed by atoms with E-state index in [1.165, 1.54) is 0 Å². The minimum absolute atomic E-state index is 0.0222. The highest BCUT2D eigenvalue weighted by Gasteiger charge is 2.43. The van der Waals surface area contributed by atoms with Gasteiger partial charge in [0.05, 0.1) is 30.1 Å². The van der Waals surface area contributed by atoms with Crippen LogP contribution in [0.1, 0.15) is 42.2 Å². The van der Waals surface area contributed by atoms with Crippen molar-refractivity contribution < 1.29 is 22.7 Å². The van der Waals surface area contributed by atoms with Crippen LogP contribution in [0.2, 0.25) is 0 Å². The lowest BCUT2D eigenvalue weighted by molar-refractivity contribution is -0.186. The van der Waals surface area contributed by atoms with Gasteiger partial charge < -0.3 is 9.64 Å². The quantitative estimate of drug-likeness (QED) is 0.208. The van der Waals surface area contributed by atoms with E-state index in [4.69, 9.17) is 9.84 Å². The first-order valence-corrected chi connectivity index (χ1v) is 15.9. The molecule has 1 fully saturated rings. The van der Waals surface area contributed by atoms with Crippen LogP contribution in [0.4, 0.5) is 13.2 Å². The Hall–Kier alpha value is -5.30. The first-order chi connectivity index (χ1) is 23.3. The number of amides is 1. The van der Waals surface area contributed by atoms with Gasteiger partial charge in [-0.2, -0.15) is 23.4 Å². The zero-order valence-electron chi connectivity index (χ0n) is 25.8. The molecule has 0 N–H and O–H groups in total. The molecule has 1 atom stereocenters. The van der Waals surface area contributed by atoms with Crippen molar-refractivity contribution >= 4 is 16.8 Å². The molecule has 3 aromatic heterocycles. The van der Waals surface area contributed by atoms with Gasteiger partial charge in [-0.25, -0.2) is 9.36 Å². The molecule has 0 aliphatic carbocycles. The van der Waals surface area contributed by atoms with E-state index in [1.54, 1.807) is 16.9 Å². The van der Waals surface area contributed by atoms with Crippen LogP contribution < -0.4 is 0 Å². The van der Waals surface area contributed by atoms with Gasteiger partial charge >= 0.3 is 12.1 Å². The number of carbonyl (C=O) groups excluding carboxylic acids is 1. The SMILES string of the molecule is O=C(N1CCc2ccc(-n3cc(-c4nn(C5CCCCO5)c5ccc(-c6cnn(Cc7ccccc7)c6)cc45)nn3)cc2C1)C(F)(F)F. The zero-order valence-corrected chi connectivity index (χ0v) is 25.8. The van der Waals surface area contributed by atoms with Gasteiger partial charge in [0.1, 0.15) is 11.4 Å². The number of benzene rings is 3. The van der Waals surface area contributed by atoms with Crippen molar-refractivity contribution in [3.8, 4) is 28.2 Å². The number of hydrogen-bond acceptors (Lipinski definition) is 6. The number of carbonyl (C=O) groups is 1. The summed E-state index contributed by atoms with van der Waals surface area (Å²) in [5.74, 6) is -1.83. The number of nitrogens with zero attached hydrogens (tertiary/aromatic N) is 8. The van der Waals surface area contributed by atoms with Crippen LogP contribution in [0.3, 0.4) is 0 Å². The van der Waals surface area contributed by atoms with E-state index in [-0.39, 0.29) is 19.3 Å². The maximum atomic E-state index is 13.1. The van der Waals surface area contributed by atoms with Gasteiger partial charge in [-0.05, 0) is 72.2 Å². The molecule has 0 saturated carbocycles. The lowest BCUT2D eigenvalue weighted by Crippen LogP contribution is -2.43. The monoisotopic (exact) mass is 652 g/mol. The Morgan fingerprint density at radius 1 is 0.958 bits per heavy atom. The number of halogens is 3. The van der Waals surface area contributed by atoms with Gasteiger partial charge in [0, 0.05) is 36.8 Å². The predicted molar refractivity (Wildman–Crippen MR) is 171 cm³/mol. The van der Waals surface area contributed by atoms with Gasteiger partial charge in [-0.1, -0.05) is 47.7 Å². The third-order valence-corrected chi connectivity index (χ3v) is 9.02. The lowest BCUT2D eigenvalue weighted by Gasteiger charge is -2.29. The van der Waals surface area contributed by atoms with Gasteiger partial charge in [-0.15, -0.1) is 5.10 Å². The van der Waals surface area contributed by atoms with E-state index in [9.17, 15) is 18.0 Å². The number of rotatable bonds is 6. The highest BCUT2D eigenvalue weighted by Crippen LogP contribution is 2.35. The number of alkyl halides is 3. The molecule has 10 nitrogen and oxygen atoms in total. The van der Waals surface area contributed by atoms with E-state index in [0.29, 0.717) is 42.2 Å². The highest BCUT2D eigenvalue weighted by molar-refractivity contribution is 5.95. The summed E-state index contributed by atoms with van der Waals surface area (Å²) in [4.78, 5) is 12.8. The van der Waals surface area contributed by atoms with Crippen molar-refractivity contribution in [3.63, 3.8) is 0 Å². The Bertz CT molecular complexity index is 2110. The fourth-order valence-corrected chi connectivity index (χ4v) is 6.55. The molecule has 244 valence electrons. The minimum Gasteiger partial charge on any atom is -0.356 e. The average Bonchev–Trinajstić information content (AvgIpc) is 3.87. The molecule has 5 heterocycles. The first kappa shape index (κ1) is 30.1. The van der Waals surface area contributed by atoms with Crippen molar-refractivity contribution in [1.82, 2.24) is 39.5 Å². The van der Waals surface area contributed by atoms with Gasteiger partial charge in [0.2, 0.25) is 0 Å². The molecular weight excluding hydrogens is 621 g/mol. The molecule has 0 bridgehead atoms. The van der Waals surface area contributed by atoms with Gasteiger partial charge in [-0.3, -0.25) is 9.48 Å². The summed E-state index contributed by atoms with van der Waals surface area (Å²) in [6.07, 6.45) is 3.78. The number of ether oxygens (including phenoxy) is 1. The molecular formula is C35H31F3N8O2. The summed E-state index contributed by atoms with van der Waals surface area (Å²) in [5, 5.41) is 19.3. The molecule has 0 spiro atoms. The second-order valence-corrected chi connectivity index (χ2v) is 12.2. The predicted octanol–water partition coefficient (Wildman–Crippen LogP) is 6.34. The molecule has 6 aromatic rings. The Morgan fingerprint density at radius 3 is 2.65 bits per heavy atom. The normalized spacial score (nSPS) is 16.7. The molecule has 3 aromatic carbocycles. The zero-order chi connectivity index (χ0) is 32.8. The van der Waals surface area contributed by atoms with Crippen molar-refractivity contribution in [3.05, 3.63) is 102 Å². The summed E-state index contributed by atoms with van der Waals surface area (Å²) >= 11 is 0. The second kappa shape index (κ2) is 12.1. The minimum atomic E-state index is -4.91. The number of fused-ring (bicyclic) bond motifs is 2. The van der Waals surface area contributed by atoms with Crippen LogP contribution in [-0.2, 0) is 29.0 Å². The van der Waals surface area contributed by atoms with Crippen molar-refractivity contribution in [1.29, 1.82) is 0 Å². The Balaban J connectivity index is 1.13. The van der Waals surface area contributed by atoms with Gasteiger partial charge in [0.25, 0.3) is 0 Å². The third-order valence-electron chi connectivity index (χ3n) is 9.02. The van der Waals surface area contributed by atoms with Crippen LogP contribution in [0.15, 0.2) is 85.3 Å². The van der Waals surface area contributed by atoms with Crippen molar-refractivity contribution in [2.24, 2.45) is 0 Å². The maximum absolute atomic E-state index is 13.1. The average molecular weight is 653 g/mol. The Labute approximate surface area is 273 Å². The van der Waals surface area contributed by atoms with Crippen LogP contribution in [0, 0.1) is 0 Å². The summed E-state index contributed by atoms with van der Waals surface area (Å²) in [6, 6.07) is 21.9. The van der Waals surface area contributed by atoms with Crippen LogP contribution in [0.25, 0.3) is 39.1 Å². The van der Waals surface area contributed by atoms with Crippen LogP contribution in [-0.4, -0.2) is 64.7 Å². The molecule has 2 aliphatic rings. The Kier molecular flexibility index (Phi) is 7.55. The smallest absolute Gasteiger partial charge is 0.356 e. The topological polar surface area (TPSA) is 95.9 Å². The van der Waals surface area contributed by atoms with Crippen molar-refractivity contribution in [2.75, 3.05) is 13.2 Å². The summed E-state index contributed by atoms with van der Waals surface area (Å²) in [7, 11) is 0. The molecule has 0 radical (unpaired) electrons. The molecule has 1 saturated heterocycles. The molecule has 8 rings (SSSR count). The molecule has 48 heavy (non-hydrogen) atoms. The number of aromatic nitrogens is 7. The van der Waals surface area contributed by atoms with E-state index in [1.807, 2.05) is 52.1 Å². The van der Waals surface area contributed by atoms with E-state index in [0.717, 1.165) is 57.3 Å². The lowest BCUT2D eigenvalue weighted by atomic mass is 9.99. The van der Waals surface area contributed by atoms with Crippen LogP contribution >= 0.6 is 0 Å². The summed E-state index contributed by atoms with van der Waals surface area (Å²) < 4.78 is 50.9. The summed E-state index contributed by atoms with van der Waals surface area (Å²) in [6.45, 7) is 1.23. The largest absolute Gasteiger partial charge is 0.471 e. The fraction of sp³-hybridized carbons (Fsp3) is 0.286. The van der Waals surface area contributed by atoms with E-state index < -0.39 is 12.1 Å². The fourth-order valence-electron chi connectivity index (χ4n) is 6.55. The maximum Gasteiger partial charge on any atom is 0.471 e.